The fraction of sp³-hybridized carbons (Fsp3) is 0.0870. The second-order valence-electron chi connectivity index (χ2n) is 6.58. The predicted octanol–water partition coefficient (Wildman–Crippen LogP) is 4.34. The zero-order valence-electron chi connectivity index (χ0n) is 16.9. The summed E-state index contributed by atoms with van der Waals surface area (Å²) in [6.07, 6.45) is 0. The minimum Gasteiger partial charge on any atom is -0.497 e. The Morgan fingerprint density at radius 3 is 2.45 bits per heavy atom. The molecule has 1 N–H and O–H groups in total. The molecule has 156 valence electrons. The van der Waals surface area contributed by atoms with E-state index in [2.05, 4.69) is 15.4 Å². The molecule has 0 spiro atoms. The van der Waals surface area contributed by atoms with Crippen molar-refractivity contribution in [1.82, 2.24) is 14.8 Å². The van der Waals surface area contributed by atoms with Crippen LogP contribution in [-0.4, -0.2) is 34.9 Å². The fourth-order valence-corrected chi connectivity index (χ4v) is 3.03. The molecule has 0 bridgehead atoms. The second-order valence-corrected chi connectivity index (χ2v) is 6.58. The molecular weight excluding hydrogens is 399 g/mol. The lowest BCUT2D eigenvalue weighted by Gasteiger charge is -2.09. The molecule has 8 heteroatoms. The Balaban J connectivity index is 1.60. The summed E-state index contributed by atoms with van der Waals surface area (Å²) in [6.45, 7) is 0. The highest BCUT2D eigenvalue weighted by Gasteiger charge is 2.15. The molecule has 4 rings (SSSR count). The van der Waals surface area contributed by atoms with Crippen LogP contribution in [0.5, 0.6) is 11.8 Å². The first-order valence-corrected chi connectivity index (χ1v) is 9.40. The number of nitrogens with one attached hydrogen (secondary N) is 1. The topological polar surface area (TPSA) is 78.3 Å². The first-order valence-electron chi connectivity index (χ1n) is 9.40. The van der Waals surface area contributed by atoms with E-state index >= 15 is 0 Å². The van der Waals surface area contributed by atoms with Crippen molar-refractivity contribution in [2.75, 3.05) is 19.5 Å². The molecule has 3 aromatic carbocycles. The number of carbonyl (C=O) groups is 1. The Hall–Kier alpha value is -4.20. The minimum absolute atomic E-state index is 0.162. The van der Waals surface area contributed by atoms with Crippen molar-refractivity contribution in [1.29, 1.82) is 0 Å². The van der Waals surface area contributed by atoms with Gasteiger partial charge in [-0.1, -0.05) is 18.2 Å². The van der Waals surface area contributed by atoms with Crippen molar-refractivity contribution < 1.29 is 18.7 Å². The predicted molar refractivity (Wildman–Crippen MR) is 114 cm³/mol. The van der Waals surface area contributed by atoms with Gasteiger partial charge in [-0.05, 0) is 54.6 Å². The molecule has 7 nitrogen and oxygen atoms in total. The third kappa shape index (κ3) is 4.37. The average Bonchev–Trinajstić information content (AvgIpc) is 3.24. The Labute approximate surface area is 178 Å². The van der Waals surface area contributed by atoms with Crippen LogP contribution in [0.15, 0.2) is 72.8 Å². The molecule has 0 saturated heterocycles. The number of halogens is 1. The summed E-state index contributed by atoms with van der Waals surface area (Å²) in [6, 6.07) is 20.2. The number of anilines is 1. The van der Waals surface area contributed by atoms with Gasteiger partial charge >= 0.3 is 6.01 Å². The molecule has 0 aliphatic heterocycles. The molecule has 0 saturated carbocycles. The maximum atomic E-state index is 13.7. The molecule has 0 aliphatic rings. The van der Waals surface area contributed by atoms with Crippen molar-refractivity contribution in [3.63, 3.8) is 0 Å². The highest BCUT2D eigenvalue weighted by molar-refractivity contribution is 6.04. The number of benzene rings is 3. The molecule has 0 aliphatic carbocycles. The third-order valence-electron chi connectivity index (χ3n) is 4.55. The number of hydrogen-bond acceptors (Lipinski definition) is 5. The number of aromatic nitrogens is 3. The van der Waals surface area contributed by atoms with Crippen LogP contribution in [0.25, 0.3) is 17.1 Å². The molecule has 0 atom stereocenters. The van der Waals surface area contributed by atoms with E-state index in [0.29, 0.717) is 34.1 Å². The van der Waals surface area contributed by atoms with Gasteiger partial charge in [0.05, 0.1) is 19.9 Å². The molecule has 1 heterocycles. The van der Waals surface area contributed by atoms with Crippen LogP contribution in [0.3, 0.4) is 0 Å². The highest BCUT2D eigenvalue weighted by Crippen LogP contribution is 2.25. The highest BCUT2D eigenvalue weighted by atomic mass is 19.1. The zero-order valence-corrected chi connectivity index (χ0v) is 16.9. The largest absolute Gasteiger partial charge is 0.497 e. The van der Waals surface area contributed by atoms with Crippen LogP contribution in [0.2, 0.25) is 0 Å². The standard InChI is InChI=1S/C23H19FN4O3/c1-30-20-8-4-6-16(14-20)22(29)25-18-9-11-19(12-10-18)28-21(26-23(27-28)31-2)15-5-3-7-17(24)13-15/h3-14H,1-2H3,(H,25,29). The van der Waals surface area contributed by atoms with Gasteiger partial charge in [0.1, 0.15) is 11.6 Å². The second kappa shape index (κ2) is 8.66. The van der Waals surface area contributed by atoms with E-state index in [1.165, 1.54) is 19.2 Å². The lowest BCUT2D eigenvalue weighted by atomic mass is 10.2. The van der Waals surface area contributed by atoms with Gasteiger partial charge in [-0.2, -0.15) is 4.98 Å². The van der Waals surface area contributed by atoms with Crippen molar-refractivity contribution in [3.8, 4) is 28.8 Å². The number of amides is 1. The van der Waals surface area contributed by atoms with E-state index < -0.39 is 0 Å². The van der Waals surface area contributed by atoms with Crippen LogP contribution in [0.4, 0.5) is 10.1 Å². The summed E-state index contributed by atoms with van der Waals surface area (Å²) in [5, 5.41) is 7.17. The SMILES string of the molecule is COc1cccc(C(=O)Nc2ccc(-n3nc(OC)nc3-c3cccc(F)c3)cc2)c1. The van der Waals surface area contributed by atoms with Crippen LogP contribution in [0, 0.1) is 5.82 Å². The number of carbonyl (C=O) groups excluding carboxylic acids is 1. The van der Waals surface area contributed by atoms with Gasteiger partial charge in [0, 0.05) is 16.8 Å². The number of rotatable bonds is 6. The third-order valence-corrected chi connectivity index (χ3v) is 4.55. The van der Waals surface area contributed by atoms with E-state index in [9.17, 15) is 9.18 Å². The van der Waals surface area contributed by atoms with E-state index in [1.807, 2.05) is 0 Å². The summed E-state index contributed by atoms with van der Waals surface area (Å²) < 4.78 is 25.6. The molecule has 0 radical (unpaired) electrons. The maximum Gasteiger partial charge on any atom is 0.336 e. The Morgan fingerprint density at radius 1 is 0.968 bits per heavy atom. The monoisotopic (exact) mass is 418 g/mol. The number of hydrogen-bond donors (Lipinski definition) is 1. The van der Waals surface area contributed by atoms with Crippen molar-refractivity contribution in [2.24, 2.45) is 0 Å². The zero-order chi connectivity index (χ0) is 21.8. The van der Waals surface area contributed by atoms with Crippen LogP contribution >= 0.6 is 0 Å². The van der Waals surface area contributed by atoms with E-state index in [4.69, 9.17) is 9.47 Å². The molecule has 0 unspecified atom stereocenters. The number of ether oxygens (including phenoxy) is 2. The first-order chi connectivity index (χ1) is 15.1. The molecule has 1 aromatic heterocycles. The van der Waals surface area contributed by atoms with Gasteiger partial charge in [0.25, 0.3) is 5.91 Å². The first kappa shape index (κ1) is 20.1. The molecule has 4 aromatic rings. The normalized spacial score (nSPS) is 10.5. The van der Waals surface area contributed by atoms with Crippen molar-refractivity contribution in [2.45, 2.75) is 0 Å². The Bertz CT molecular complexity index is 1220. The van der Waals surface area contributed by atoms with Gasteiger partial charge in [0.15, 0.2) is 5.82 Å². The average molecular weight is 418 g/mol. The summed E-state index contributed by atoms with van der Waals surface area (Å²) in [4.78, 5) is 16.8. The summed E-state index contributed by atoms with van der Waals surface area (Å²) in [5.41, 5.74) is 2.33. The quantitative estimate of drug-likeness (QED) is 0.504. The fourth-order valence-electron chi connectivity index (χ4n) is 3.03. The minimum atomic E-state index is -0.374. The van der Waals surface area contributed by atoms with Crippen LogP contribution in [0.1, 0.15) is 10.4 Å². The molecule has 0 fully saturated rings. The Kier molecular flexibility index (Phi) is 5.61. The lowest BCUT2D eigenvalue weighted by molar-refractivity contribution is 0.102. The molecular formula is C23H19FN4O3. The lowest BCUT2D eigenvalue weighted by Crippen LogP contribution is -2.12. The van der Waals surface area contributed by atoms with Gasteiger partial charge in [-0.25, -0.2) is 9.07 Å². The smallest absolute Gasteiger partial charge is 0.336 e. The van der Waals surface area contributed by atoms with Gasteiger partial charge in [-0.15, -0.1) is 5.10 Å². The summed E-state index contributed by atoms with van der Waals surface area (Å²) >= 11 is 0. The van der Waals surface area contributed by atoms with E-state index in [-0.39, 0.29) is 17.7 Å². The number of methoxy groups -OCH3 is 2. The van der Waals surface area contributed by atoms with Crippen LogP contribution in [-0.2, 0) is 0 Å². The van der Waals surface area contributed by atoms with E-state index in [0.717, 1.165) is 0 Å². The van der Waals surface area contributed by atoms with Crippen molar-refractivity contribution in [3.05, 3.63) is 84.2 Å². The van der Waals surface area contributed by atoms with E-state index in [1.54, 1.807) is 72.5 Å². The molecule has 31 heavy (non-hydrogen) atoms. The maximum absolute atomic E-state index is 13.7. The Morgan fingerprint density at radius 2 is 1.74 bits per heavy atom. The van der Waals surface area contributed by atoms with Gasteiger partial charge in [-0.3, -0.25) is 4.79 Å². The van der Waals surface area contributed by atoms with Gasteiger partial charge < -0.3 is 14.8 Å². The summed E-state index contributed by atoms with van der Waals surface area (Å²) in [7, 11) is 3.01. The van der Waals surface area contributed by atoms with Crippen molar-refractivity contribution >= 4 is 11.6 Å². The summed E-state index contributed by atoms with van der Waals surface area (Å²) in [5.74, 6) is 0.411. The molecule has 1 amide bonds. The van der Waals surface area contributed by atoms with Crippen LogP contribution < -0.4 is 14.8 Å². The number of nitrogens with zero attached hydrogens (tertiary/aromatic N) is 3. The van der Waals surface area contributed by atoms with Gasteiger partial charge in [0.2, 0.25) is 0 Å².